The van der Waals surface area contributed by atoms with E-state index in [4.69, 9.17) is 30.5 Å². The molecule has 0 atom stereocenters. The zero-order valence-electron chi connectivity index (χ0n) is 19.6. The van der Waals surface area contributed by atoms with Crippen LogP contribution in [0.3, 0.4) is 0 Å². The predicted octanol–water partition coefficient (Wildman–Crippen LogP) is 6.31. The Bertz CT molecular complexity index is 1140. The van der Waals surface area contributed by atoms with Gasteiger partial charge in [0.05, 0.1) is 19.8 Å². The molecule has 6 nitrogen and oxygen atoms in total. The molecule has 0 spiro atoms. The van der Waals surface area contributed by atoms with Crippen molar-refractivity contribution in [1.82, 2.24) is 5.32 Å². The molecule has 184 valence electrons. The summed E-state index contributed by atoms with van der Waals surface area (Å²) in [5, 5.41) is 5.73. The zero-order valence-corrected chi connectivity index (χ0v) is 20.3. The summed E-state index contributed by atoms with van der Waals surface area (Å²) in [6.07, 6.45) is 3.24. The maximum atomic E-state index is 11.9. The third-order valence-electron chi connectivity index (χ3n) is 6.38. The van der Waals surface area contributed by atoms with Crippen LogP contribution in [0.15, 0.2) is 60.7 Å². The highest BCUT2D eigenvalue weighted by molar-refractivity contribution is 6.30. The average molecular weight is 496 g/mol. The normalized spacial score (nSPS) is 19.9. The Balaban J connectivity index is 1.05. The molecule has 1 saturated heterocycles. The van der Waals surface area contributed by atoms with E-state index in [0.29, 0.717) is 37.0 Å². The first kappa shape index (κ1) is 23.9. The van der Waals surface area contributed by atoms with Crippen LogP contribution in [0.4, 0.5) is 4.79 Å². The first-order chi connectivity index (χ1) is 17.1. The van der Waals surface area contributed by atoms with E-state index in [9.17, 15) is 4.79 Å². The largest absolute Gasteiger partial charge is 0.493 e. The Morgan fingerprint density at radius 2 is 1.77 bits per heavy atom. The lowest BCUT2D eigenvalue weighted by atomic mass is 9.94. The lowest BCUT2D eigenvalue weighted by molar-refractivity contribution is -0.189. The summed E-state index contributed by atoms with van der Waals surface area (Å²) in [5.41, 5.74) is 1.24. The molecule has 1 aliphatic carbocycles. The van der Waals surface area contributed by atoms with Crippen LogP contribution >= 0.6 is 11.6 Å². The van der Waals surface area contributed by atoms with Gasteiger partial charge in [0.2, 0.25) is 0 Å². The summed E-state index contributed by atoms with van der Waals surface area (Å²) in [6.45, 7) is 2.51. The highest BCUT2D eigenvalue weighted by Gasteiger charge is 2.25. The molecule has 1 amide bonds. The first-order valence-electron chi connectivity index (χ1n) is 12.2. The smallest absolute Gasteiger partial charge is 0.412 e. The van der Waals surface area contributed by atoms with E-state index in [-0.39, 0.29) is 12.2 Å². The molecule has 1 N–H and O–H groups in total. The summed E-state index contributed by atoms with van der Waals surface area (Å²) in [6, 6.07) is 19.4. The fourth-order valence-corrected chi connectivity index (χ4v) is 4.35. The van der Waals surface area contributed by atoms with Crippen LogP contribution in [0.2, 0.25) is 5.02 Å². The number of benzene rings is 3. The van der Waals surface area contributed by atoms with Gasteiger partial charge in [-0.05, 0) is 77.9 Å². The minimum atomic E-state index is -0.491. The lowest BCUT2D eigenvalue weighted by Crippen LogP contribution is -2.32. The number of nitrogens with one attached hydrogen (secondary N) is 1. The highest BCUT2D eigenvalue weighted by Crippen LogP contribution is 2.33. The van der Waals surface area contributed by atoms with E-state index in [1.54, 1.807) is 24.3 Å². The van der Waals surface area contributed by atoms with E-state index in [1.807, 2.05) is 0 Å². The molecule has 5 rings (SSSR count). The highest BCUT2D eigenvalue weighted by atomic mass is 35.5. The monoisotopic (exact) mass is 495 g/mol. The Kier molecular flexibility index (Phi) is 7.72. The van der Waals surface area contributed by atoms with Crippen LogP contribution in [0.5, 0.6) is 11.5 Å². The van der Waals surface area contributed by atoms with Crippen LogP contribution in [-0.4, -0.2) is 38.7 Å². The van der Waals surface area contributed by atoms with Crippen LogP contribution in [0, 0.1) is 5.92 Å². The number of halogens is 1. The van der Waals surface area contributed by atoms with E-state index in [0.717, 1.165) is 24.7 Å². The molecule has 0 unspecified atom stereocenters. The van der Waals surface area contributed by atoms with Crippen LogP contribution in [-0.2, 0) is 9.47 Å². The van der Waals surface area contributed by atoms with Crippen molar-refractivity contribution in [2.24, 2.45) is 5.92 Å². The van der Waals surface area contributed by atoms with Gasteiger partial charge in [-0.3, -0.25) is 0 Å². The lowest BCUT2D eigenvalue weighted by Gasteiger charge is -2.30. The number of carbonyl (C=O) groups is 1. The van der Waals surface area contributed by atoms with E-state index in [2.05, 4.69) is 41.7 Å². The topological polar surface area (TPSA) is 66.0 Å². The van der Waals surface area contributed by atoms with E-state index >= 15 is 0 Å². The molecule has 1 heterocycles. The molecular weight excluding hydrogens is 466 g/mol. The summed E-state index contributed by atoms with van der Waals surface area (Å²) in [5.74, 6) is 2.30. The Morgan fingerprint density at radius 3 is 2.54 bits per heavy atom. The Morgan fingerprint density at radius 1 is 1.00 bits per heavy atom. The van der Waals surface area contributed by atoms with Crippen molar-refractivity contribution in [2.75, 3.05) is 26.4 Å². The van der Waals surface area contributed by atoms with Gasteiger partial charge in [0.1, 0.15) is 11.5 Å². The second-order valence-electron chi connectivity index (χ2n) is 9.19. The molecule has 7 heteroatoms. The van der Waals surface area contributed by atoms with Gasteiger partial charge in [0.15, 0.2) is 6.29 Å². The fraction of sp³-hybridized carbons (Fsp3) is 0.393. The minimum absolute atomic E-state index is 0.181. The van der Waals surface area contributed by atoms with Crippen LogP contribution < -0.4 is 14.8 Å². The van der Waals surface area contributed by atoms with Crippen molar-refractivity contribution in [3.05, 3.63) is 71.2 Å². The maximum Gasteiger partial charge on any atom is 0.412 e. The van der Waals surface area contributed by atoms with Gasteiger partial charge in [-0.25, -0.2) is 4.79 Å². The third-order valence-corrected chi connectivity index (χ3v) is 6.64. The summed E-state index contributed by atoms with van der Waals surface area (Å²) < 4.78 is 23.2. The van der Waals surface area contributed by atoms with Crippen molar-refractivity contribution in [2.45, 2.75) is 37.9 Å². The molecule has 0 aromatic heterocycles. The number of hydrogen-bond donors (Lipinski definition) is 1. The molecule has 3 aromatic carbocycles. The molecule has 35 heavy (non-hydrogen) atoms. The number of hydrogen-bond acceptors (Lipinski definition) is 5. The molecule has 2 fully saturated rings. The number of ether oxygens (including phenoxy) is 4. The number of rotatable bonds is 9. The summed E-state index contributed by atoms with van der Waals surface area (Å²) in [7, 11) is 0. The Hall–Kier alpha value is -2.80. The first-order valence-corrected chi connectivity index (χ1v) is 12.6. The van der Waals surface area contributed by atoms with Gasteiger partial charge >= 0.3 is 6.09 Å². The molecular formula is C28H30ClNO5. The number of fused-ring (bicyclic) bond motifs is 1. The van der Waals surface area contributed by atoms with E-state index < -0.39 is 6.09 Å². The van der Waals surface area contributed by atoms with Crippen LogP contribution in [0.1, 0.15) is 37.2 Å². The molecule has 2 aliphatic rings. The van der Waals surface area contributed by atoms with Gasteiger partial charge in [-0.2, -0.15) is 0 Å². The second-order valence-corrected chi connectivity index (χ2v) is 9.63. The average Bonchev–Trinajstić information content (AvgIpc) is 3.71. The zero-order chi connectivity index (χ0) is 24.0. The SMILES string of the molecule is O=C(NCCCC1OCC(c2cccc3cc(OCC4CC4)ccc23)CO1)Oc1ccc(Cl)cc1. The molecule has 1 aliphatic heterocycles. The quantitative estimate of drug-likeness (QED) is 0.352. The summed E-state index contributed by atoms with van der Waals surface area (Å²) >= 11 is 5.84. The van der Waals surface area contributed by atoms with Gasteiger partial charge in [-0.15, -0.1) is 0 Å². The van der Waals surface area contributed by atoms with Crippen molar-refractivity contribution >= 4 is 28.5 Å². The fourth-order valence-electron chi connectivity index (χ4n) is 4.23. The van der Waals surface area contributed by atoms with Gasteiger partial charge in [0, 0.05) is 23.9 Å². The standard InChI is InChI=1S/C28H30ClNO5/c29-22-8-10-23(11-9-22)35-28(31)30-14-2-5-27-33-17-21(18-34-27)25-4-1-3-20-15-24(12-13-26(20)25)32-16-19-6-7-19/h1,3-4,8-13,15,19,21,27H,2,5-7,14,16-18H2,(H,30,31). The minimum Gasteiger partial charge on any atom is -0.493 e. The Labute approximate surface area is 210 Å². The van der Waals surface area contributed by atoms with Crippen molar-refractivity contribution in [3.8, 4) is 11.5 Å². The van der Waals surface area contributed by atoms with Gasteiger partial charge in [-0.1, -0.05) is 35.9 Å². The summed E-state index contributed by atoms with van der Waals surface area (Å²) in [4.78, 5) is 11.9. The third kappa shape index (κ3) is 6.66. The number of amides is 1. The van der Waals surface area contributed by atoms with E-state index in [1.165, 1.54) is 29.2 Å². The predicted molar refractivity (Wildman–Crippen MR) is 135 cm³/mol. The molecule has 3 aromatic rings. The number of carbonyl (C=O) groups excluding carboxylic acids is 1. The second kappa shape index (κ2) is 11.3. The van der Waals surface area contributed by atoms with Crippen LogP contribution in [0.25, 0.3) is 10.8 Å². The molecule has 0 radical (unpaired) electrons. The maximum absolute atomic E-state index is 11.9. The van der Waals surface area contributed by atoms with Crippen molar-refractivity contribution in [1.29, 1.82) is 0 Å². The van der Waals surface area contributed by atoms with Crippen molar-refractivity contribution in [3.63, 3.8) is 0 Å². The molecule has 0 bridgehead atoms. The van der Waals surface area contributed by atoms with Gasteiger partial charge in [0.25, 0.3) is 0 Å². The molecule has 1 saturated carbocycles. The van der Waals surface area contributed by atoms with Crippen molar-refractivity contribution < 1.29 is 23.7 Å². The van der Waals surface area contributed by atoms with Gasteiger partial charge < -0.3 is 24.3 Å².